The number of aromatic carboxylic acids is 1. The third-order valence-electron chi connectivity index (χ3n) is 2.56. The van der Waals surface area contributed by atoms with E-state index in [0.717, 1.165) is 11.3 Å². The first-order chi connectivity index (χ1) is 9.88. The van der Waals surface area contributed by atoms with Gasteiger partial charge in [-0.2, -0.15) is 0 Å². The minimum atomic E-state index is -3.57. The highest BCUT2D eigenvalue weighted by molar-refractivity contribution is 7.91. The summed E-state index contributed by atoms with van der Waals surface area (Å²) in [6, 6.07) is 4.61. The van der Waals surface area contributed by atoms with Crippen LogP contribution in [0.15, 0.2) is 28.6 Å². The Labute approximate surface area is 125 Å². The molecule has 112 valence electrons. The van der Waals surface area contributed by atoms with Gasteiger partial charge in [0.1, 0.15) is 5.69 Å². The lowest BCUT2D eigenvalue weighted by molar-refractivity contribution is 0.0690. The minimum absolute atomic E-state index is 0.0616. The number of pyridine rings is 1. The molecule has 0 saturated carbocycles. The van der Waals surface area contributed by atoms with Gasteiger partial charge >= 0.3 is 5.97 Å². The van der Waals surface area contributed by atoms with E-state index in [9.17, 15) is 13.2 Å². The molecule has 2 N–H and O–H groups in total. The number of thiazole rings is 1. The van der Waals surface area contributed by atoms with E-state index in [4.69, 9.17) is 5.11 Å². The average Bonchev–Trinajstić information content (AvgIpc) is 2.86. The van der Waals surface area contributed by atoms with Crippen LogP contribution in [0.3, 0.4) is 0 Å². The van der Waals surface area contributed by atoms with E-state index in [1.165, 1.54) is 12.3 Å². The van der Waals surface area contributed by atoms with Crippen molar-refractivity contribution in [3.8, 4) is 0 Å². The molecule has 0 radical (unpaired) electrons. The van der Waals surface area contributed by atoms with Crippen LogP contribution < -0.4 is 4.72 Å². The Morgan fingerprint density at radius 2 is 2.19 bits per heavy atom. The summed E-state index contributed by atoms with van der Waals surface area (Å²) in [5.41, 5.74) is 0.450. The quantitative estimate of drug-likeness (QED) is 0.821. The Morgan fingerprint density at radius 1 is 1.43 bits per heavy atom. The Balaban J connectivity index is 1.98. The smallest absolute Gasteiger partial charge is 0.354 e. The third kappa shape index (κ3) is 4.06. The molecular formula is C12H13N3O4S2. The van der Waals surface area contributed by atoms with Crippen LogP contribution in [0.2, 0.25) is 0 Å². The summed E-state index contributed by atoms with van der Waals surface area (Å²) in [4.78, 5) is 18.6. The fourth-order valence-electron chi connectivity index (χ4n) is 1.59. The van der Waals surface area contributed by atoms with E-state index in [1.807, 2.05) is 0 Å². The van der Waals surface area contributed by atoms with Gasteiger partial charge in [-0.1, -0.05) is 6.07 Å². The van der Waals surface area contributed by atoms with Crippen molar-refractivity contribution in [2.45, 2.75) is 17.6 Å². The molecule has 9 heteroatoms. The van der Waals surface area contributed by atoms with E-state index >= 15 is 0 Å². The van der Waals surface area contributed by atoms with E-state index in [2.05, 4.69) is 14.7 Å². The highest BCUT2D eigenvalue weighted by atomic mass is 32.2. The molecule has 0 bridgehead atoms. The Bertz CT molecular complexity index is 755. The summed E-state index contributed by atoms with van der Waals surface area (Å²) >= 11 is 1.09. The summed E-state index contributed by atoms with van der Waals surface area (Å²) in [5, 5.41) is 9.51. The summed E-state index contributed by atoms with van der Waals surface area (Å²) in [6.07, 6.45) is 1.61. The molecule has 0 atom stereocenters. The van der Waals surface area contributed by atoms with Gasteiger partial charge in [0.15, 0.2) is 4.21 Å². The van der Waals surface area contributed by atoms with Gasteiger partial charge in [0.05, 0.1) is 11.2 Å². The molecule has 0 aliphatic heterocycles. The average molecular weight is 327 g/mol. The minimum Gasteiger partial charge on any atom is -0.477 e. The zero-order valence-electron chi connectivity index (χ0n) is 11.1. The molecule has 2 aromatic heterocycles. The number of carboxylic acid groups (broad SMARTS) is 1. The molecule has 0 saturated heterocycles. The van der Waals surface area contributed by atoms with Gasteiger partial charge in [0, 0.05) is 18.7 Å². The van der Waals surface area contributed by atoms with Gasteiger partial charge in [0.2, 0.25) is 0 Å². The molecule has 0 aliphatic rings. The SMILES string of the molecule is Cc1ncc(S(=O)(=O)NCCc2cccc(C(=O)O)n2)s1. The maximum atomic E-state index is 12.0. The van der Waals surface area contributed by atoms with Crippen molar-refractivity contribution in [3.63, 3.8) is 0 Å². The first-order valence-corrected chi connectivity index (χ1v) is 8.30. The first kappa shape index (κ1) is 15.5. The first-order valence-electron chi connectivity index (χ1n) is 6.00. The van der Waals surface area contributed by atoms with Gasteiger partial charge in [-0.15, -0.1) is 11.3 Å². The van der Waals surface area contributed by atoms with Crippen LogP contribution >= 0.6 is 11.3 Å². The van der Waals surface area contributed by atoms with Crippen molar-refractivity contribution in [3.05, 3.63) is 40.8 Å². The molecule has 0 unspecified atom stereocenters. The number of carboxylic acids is 1. The van der Waals surface area contributed by atoms with Crippen molar-refractivity contribution >= 4 is 27.3 Å². The maximum absolute atomic E-state index is 12.0. The number of carbonyl (C=O) groups is 1. The number of nitrogens with zero attached hydrogens (tertiary/aromatic N) is 2. The standard InChI is InChI=1S/C12H13N3O4S2/c1-8-13-7-11(20-8)21(18,19)14-6-5-9-3-2-4-10(15-9)12(16)17/h2-4,7,14H,5-6H2,1H3,(H,16,17). The van der Waals surface area contributed by atoms with Crippen LogP contribution in [0.1, 0.15) is 21.2 Å². The van der Waals surface area contributed by atoms with Crippen molar-refractivity contribution < 1.29 is 18.3 Å². The lowest BCUT2D eigenvalue weighted by Gasteiger charge is -2.04. The van der Waals surface area contributed by atoms with E-state index in [1.54, 1.807) is 19.1 Å². The molecule has 0 spiro atoms. The predicted octanol–water partition coefficient (Wildman–Crippen LogP) is 1.07. The molecule has 2 rings (SSSR count). The van der Waals surface area contributed by atoms with Crippen LogP contribution in [-0.4, -0.2) is 36.0 Å². The zero-order valence-corrected chi connectivity index (χ0v) is 12.7. The summed E-state index contributed by atoms with van der Waals surface area (Å²) in [6.45, 7) is 1.86. The molecule has 2 heterocycles. The van der Waals surface area contributed by atoms with Crippen LogP contribution in [0.25, 0.3) is 0 Å². The van der Waals surface area contributed by atoms with Crippen molar-refractivity contribution in [1.82, 2.24) is 14.7 Å². The lowest BCUT2D eigenvalue weighted by atomic mass is 10.2. The number of aromatic nitrogens is 2. The van der Waals surface area contributed by atoms with Crippen LogP contribution in [-0.2, 0) is 16.4 Å². The molecular weight excluding hydrogens is 314 g/mol. The van der Waals surface area contributed by atoms with Gasteiger partial charge in [0.25, 0.3) is 10.0 Å². The largest absolute Gasteiger partial charge is 0.477 e. The normalized spacial score (nSPS) is 11.5. The lowest BCUT2D eigenvalue weighted by Crippen LogP contribution is -2.25. The third-order valence-corrected chi connectivity index (χ3v) is 5.40. The maximum Gasteiger partial charge on any atom is 0.354 e. The Morgan fingerprint density at radius 3 is 2.81 bits per heavy atom. The number of nitrogens with one attached hydrogen (secondary N) is 1. The van der Waals surface area contributed by atoms with Crippen LogP contribution in [0, 0.1) is 6.92 Å². The number of aryl methyl sites for hydroxylation is 1. The van der Waals surface area contributed by atoms with E-state index in [0.29, 0.717) is 17.1 Å². The molecule has 0 aliphatic carbocycles. The van der Waals surface area contributed by atoms with Crippen LogP contribution in [0.4, 0.5) is 0 Å². The number of hydrogen-bond acceptors (Lipinski definition) is 6. The summed E-state index contributed by atoms with van der Waals surface area (Å²) in [5.74, 6) is -1.11. The highest BCUT2D eigenvalue weighted by Crippen LogP contribution is 2.17. The molecule has 2 aromatic rings. The second kappa shape index (κ2) is 6.29. The summed E-state index contributed by atoms with van der Waals surface area (Å²) < 4.78 is 26.5. The van der Waals surface area contributed by atoms with Gasteiger partial charge in [-0.25, -0.2) is 27.9 Å². The molecule has 0 fully saturated rings. The van der Waals surface area contributed by atoms with Crippen LogP contribution in [0.5, 0.6) is 0 Å². The summed E-state index contributed by atoms with van der Waals surface area (Å²) in [7, 11) is -3.57. The zero-order chi connectivity index (χ0) is 15.5. The van der Waals surface area contributed by atoms with Gasteiger partial charge in [-0.3, -0.25) is 0 Å². The highest BCUT2D eigenvalue weighted by Gasteiger charge is 2.16. The van der Waals surface area contributed by atoms with Crippen molar-refractivity contribution in [2.75, 3.05) is 6.54 Å². The van der Waals surface area contributed by atoms with E-state index in [-0.39, 0.29) is 16.4 Å². The number of rotatable bonds is 6. The predicted molar refractivity (Wildman–Crippen MR) is 76.9 cm³/mol. The Hall–Kier alpha value is -1.84. The van der Waals surface area contributed by atoms with Gasteiger partial charge in [-0.05, 0) is 19.1 Å². The second-order valence-electron chi connectivity index (χ2n) is 4.17. The topological polar surface area (TPSA) is 109 Å². The Kier molecular flexibility index (Phi) is 4.66. The fraction of sp³-hybridized carbons (Fsp3) is 0.250. The van der Waals surface area contributed by atoms with Crippen molar-refractivity contribution in [2.24, 2.45) is 0 Å². The monoisotopic (exact) mass is 327 g/mol. The molecule has 7 nitrogen and oxygen atoms in total. The number of hydrogen-bond donors (Lipinski definition) is 2. The van der Waals surface area contributed by atoms with Gasteiger partial charge < -0.3 is 5.11 Å². The molecule has 0 aromatic carbocycles. The molecule has 0 amide bonds. The van der Waals surface area contributed by atoms with E-state index < -0.39 is 16.0 Å². The fourth-order valence-corrected chi connectivity index (χ4v) is 3.77. The van der Waals surface area contributed by atoms with Crippen molar-refractivity contribution in [1.29, 1.82) is 0 Å². The number of sulfonamides is 1. The molecule has 21 heavy (non-hydrogen) atoms. The second-order valence-corrected chi connectivity index (χ2v) is 7.39.